The first-order valence-electron chi connectivity index (χ1n) is 24.2. The molecule has 0 saturated carbocycles. The SMILES string of the molecule is CC[C@@H]1OC([C@]2(C)C[C@@H](C)[C@](O)([C@]3(C)CCC([C@@H](O)[C@]4(O)O[C@H](C[C@@]5(O)OC([C@@H](C)[C@H](O)C[C@@H]6OC([C@@H](C)C(=O)O)[C@@H](C)C[C@H]6C)CC[C@@H]5C)[C@@H](C)C[C@H]4C)O3)O2)CC[C@@]1(C)O. The molecule has 62 heavy (non-hydrogen) atoms. The lowest BCUT2D eigenvalue weighted by molar-refractivity contribution is -0.373. The van der Waals surface area contributed by atoms with Crippen molar-refractivity contribution in [3.8, 4) is 0 Å². The predicted molar refractivity (Wildman–Crippen MR) is 229 cm³/mol. The molecule has 0 spiro atoms. The summed E-state index contributed by atoms with van der Waals surface area (Å²) in [5.74, 6) is -8.34. The molecular weight excluding hydrogens is 801 g/mol. The fourth-order valence-electron chi connectivity index (χ4n) is 12.7. The fourth-order valence-corrected chi connectivity index (χ4v) is 12.7. The lowest BCUT2D eigenvalue weighted by atomic mass is 9.75. The van der Waals surface area contributed by atoms with Crippen LogP contribution in [0.25, 0.3) is 0 Å². The lowest BCUT2D eigenvalue weighted by Gasteiger charge is -2.52. The number of aliphatic carboxylic acids is 1. The van der Waals surface area contributed by atoms with E-state index in [-0.39, 0.29) is 60.2 Å². The molecule has 0 aromatic heterocycles. The predicted octanol–water partition coefficient (Wildman–Crippen LogP) is 5.68. The van der Waals surface area contributed by atoms with Crippen molar-refractivity contribution in [2.75, 3.05) is 0 Å². The Morgan fingerprint density at radius 3 is 2.05 bits per heavy atom. The first-order valence-corrected chi connectivity index (χ1v) is 24.2. The van der Waals surface area contributed by atoms with Gasteiger partial charge >= 0.3 is 5.97 Å². The Morgan fingerprint density at radius 1 is 0.742 bits per heavy atom. The van der Waals surface area contributed by atoms with E-state index in [1.165, 1.54) is 0 Å². The van der Waals surface area contributed by atoms with Crippen molar-refractivity contribution in [3.63, 3.8) is 0 Å². The van der Waals surface area contributed by atoms with Gasteiger partial charge in [0.1, 0.15) is 11.7 Å². The van der Waals surface area contributed by atoms with Gasteiger partial charge in [-0.25, -0.2) is 0 Å². The average Bonchev–Trinajstić information content (AvgIpc) is 3.72. The molecule has 0 amide bonds. The Morgan fingerprint density at radius 2 is 1.40 bits per heavy atom. The molecule has 360 valence electrons. The maximum atomic E-state index is 12.4. The second-order valence-electron chi connectivity index (χ2n) is 22.3. The van der Waals surface area contributed by atoms with E-state index in [1.807, 2.05) is 55.4 Å². The summed E-state index contributed by atoms with van der Waals surface area (Å²) in [6.45, 7) is 22.9. The zero-order chi connectivity index (χ0) is 46.1. The average molecular weight is 885 g/mol. The van der Waals surface area contributed by atoms with Gasteiger partial charge in [-0.3, -0.25) is 4.79 Å². The highest BCUT2D eigenvalue weighted by molar-refractivity contribution is 5.70. The van der Waals surface area contributed by atoms with Gasteiger partial charge in [0.15, 0.2) is 17.4 Å². The summed E-state index contributed by atoms with van der Waals surface area (Å²) in [6, 6.07) is 0. The summed E-state index contributed by atoms with van der Waals surface area (Å²) < 4.78 is 39.2. The molecule has 6 aliphatic rings. The maximum Gasteiger partial charge on any atom is 0.308 e. The van der Waals surface area contributed by atoms with Crippen LogP contribution in [0.1, 0.15) is 160 Å². The molecule has 6 aliphatic heterocycles. The summed E-state index contributed by atoms with van der Waals surface area (Å²) in [4.78, 5) is 11.8. The largest absolute Gasteiger partial charge is 0.481 e. The molecular formula is C48H84O14. The molecule has 0 aromatic carbocycles. The van der Waals surface area contributed by atoms with Gasteiger partial charge in [-0.05, 0) is 110 Å². The zero-order valence-corrected chi connectivity index (χ0v) is 39.8. The van der Waals surface area contributed by atoms with Gasteiger partial charge in [-0.15, -0.1) is 0 Å². The molecule has 0 radical (unpaired) electrons. The van der Waals surface area contributed by atoms with Crippen LogP contribution in [0, 0.1) is 47.3 Å². The Balaban J connectivity index is 1.10. The standard InChI is InChI=1S/C48H84O14/c1-13-38-43(10,53)18-17-39(58-38)44(11)23-30(7)48(56,62-44)45(12)19-16-35(59-45)41(50)47(55)29(6)21-26(3)37(61-47)24-46(54)28(5)14-15-34(60-46)31(8)33(49)22-36-25(2)20-27(4)40(57-36)32(9)42(51)52/h25-41,49-50,53-56H,13-24H2,1-12H3,(H,51,52)/t25-,26+,27+,28+,29-,30-,31+,32-,33-,34?,35?,36+,37-,38+,39?,40?,41-,43-,44+,45+,46-,47-,48-/m1/s1. The molecule has 7 N–H and O–H groups in total. The minimum absolute atomic E-state index is 0.0380. The fraction of sp³-hybridized carbons (Fsp3) is 0.979. The van der Waals surface area contributed by atoms with Crippen LogP contribution in [-0.4, -0.2) is 131 Å². The van der Waals surface area contributed by atoms with Crippen molar-refractivity contribution in [1.82, 2.24) is 0 Å². The number of carboxylic acid groups (broad SMARTS) is 1. The van der Waals surface area contributed by atoms with E-state index in [0.29, 0.717) is 64.2 Å². The molecule has 0 bridgehead atoms. The number of hydrogen-bond donors (Lipinski definition) is 7. The monoisotopic (exact) mass is 885 g/mol. The number of rotatable bonds is 13. The van der Waals surface area contributed by atoms with Crippen LogP contribution in [0.3, 0.4) is 0 Å². The third-order valence-electron chi connectivity index (χ3n) is 17.3. The van der Waals surface area contributed by atoms with Crippen molar-refractivity contribution < 1.29 is 69.0 Å². The molecule has 6 fully saturated rings. The lowest BCUT2D eigenvalue weighted by Crippen LogP contribution is -2.63. The molecule has 6 heterocycles. The highest BCUT2D eigenvalue weighted by atomic mass is 16.7. The number of hydrogen-bond acceptors (Lipinski definition) is 13. The second kappa shape index (κ2) is 18.2. The van der Waals surface area contributed by atoms with E-state index >= 15 is 0 Å². The summed E-state index contributed by atoms with van der Waals surface area (Å²) >= 11 is 0. The maximum absolute atomic E-state index is 12.4. The van der Waals surface area contributed by atoms with Crippen LogP contribution in [0.2, 0.25) is 0 Å². The van der Waals surface area contributed by atoms with Crippen molar-refractivity contribution >= 4 is 5.97 Å². The molecule has 14 heteroatoms. The molecule has 23 atom stereocenters. The zero-order valence-electron chi connectivity index (χ0n) is 39.8. The van der Waals surface area contributed by atoms with E-state index in [2.05, 4.69) is 6.92 Å². The van der Waals surface area contributed by atoms with Gasteiger partial charge in [0.25, 0.3) is 0 Å². The smallest absolute Gasteiger partial charge is 0.308 e. The van der Waals surface area contributed by atoms with Crippen molar-refractivity contribution in [3.05, 3.63) is 0 Å². The van der Waals surface area contributed by atoms with Gasteiger partial charge in [-0.2, -0.15) is 0 Å². The van der Waals surface area contributed by atoms with Crippen LogP contribution >= 0.6 is 0 Å². The van der Waals surface area contributed by atoms with E-state index in [4.69, 9.17) is 28.4 Å². The van der Waals surface area contributed by atoms with E-state index in [0.717, 1.165) is 6.42 Å². The van der Waals surface area contributed by atoms with Crippen LogP contribution in [0.5, 0.6) is 0 Å². The summed E-state index contributed by atoms with van der Waals surface area (Å²) in [5, 5.41) is 81.2. The van der Waals surface area contributed by atoms with Gasteiger partial charge in [0.2, 0.25) is 0 Å². The van der Waals surface area contributed by atoms with Gasteiger partial charge < -0.3 is 64.2 Å². The van der Waals surface area contributed by atoms with E-state index in [1.54, 1.807) is 20.8 Å². The minimum atomic E-state index is -2.03. The Bertz CT molecular complexity index is 1550. The summed E-state index contributed by atoms with van der Waals surface area (Å²) in [6.07, 6.45) is 0.0772. The Hall–Kier alpha value is -1.01. The third kappa shape index (κ3) is 9.31. The van der Waals surface area contributed by atoms with E-state index in [9.17, 15) is 40.5 Å². The first kappa shape index (κ1) is 50.4. The van der Waals surface area contributed by atoms with Crippen LogP contribution in [0.15, 0.2) is 0 Å². The van der Waals surface area contributed by atoms with Gasteiger partial charge in [0, 0.05) is 36.5 Å². The summed E-state index contributed by atoms with van der Waals surface area (Å²) in [7, 11) is 0. The van der Waals surface area contributed by atoms with Gasteiger partial charge in [-0.1, -0.05) is 55.4 Å². The molecule has 4 unspecified atom stereocenters. The van der Waals surface area contributed by atoms with Crippen molar-refractivity contribution in [1.29, 1.82) is 0 Å². The number of aliphatic hydroxyl groups excluding tert-OH is 2. The van der Waals surface area contributed by atoms with Crippen LogP contribution in [0.4, 0.5) is 0 Å². The van der Waals surface area contributed by atoms with Crippen molar-refractivity contribution in [2.45, 2.75) is 249 Å². The topological polar surface area (TPSA) is 214 Å². The number of carbonyl (C=O) groups is 1. The quantitative estimate of drug-likeness (QED) is 0.119. The summed E-state index contributed by atoms with van der Waals surface area (Å²) in [5.41, 5.74) is -3.01. The highest BCUT2D eigenvalue weighted by Crippen LogP contribution is 2.56. The molecule has 0 aromatic rings. The molecule has 0 aliphatic carbocycles. The number of ether oxygens (including phenoxy) is 6. The number of carboxylic acids is 1. The molecule has 6 rings (SSSR count). The van der Waals surface area contributed by atoms with Gasteiger partial charge in [0.05, 0.1) is 66.0 Å². The Labute approximate surface area is 370 Å². The van der Waals surface area contributed by atoms with Crippen LogP contribution in [-0.2, 0) is 33.2 Å². The first-order chi connectivity index (χ1) is 28.6. The Kier molecular flexibility index (Phi) is 14.8. The van der Waals surface area contributed by atoms with Crippen molar-refractivity contribution in [2.24, 2.45) is 47.3 Å². The highest BCUT2D eigenvalue weighted by Gasteiger charge is 2.67. The van der Waals surface area contributed by atoms with E-state index < -0.39 is 88.6 Å². The normalized spacial score (nSPS) is 52.3. The van der Waals surface area contributed by atoms with Crippen LogP contribution < -0.4 is 0 Å². The molecule has 14 nitrogen and oxygen atoms in total. The molecule has 6 saturated heterocycles. The third-order valence-corrected chi connectivity index (χ3v) is 17.3. The second-order valence-corrected chi connectivity index (χ2v) is 22.3. The number of aliphatic hydroxyl groups is 6. The minimum Gasteiger partial charge on any atom is -0.481 e.